The fourth-order valence-electron chi connectivity index (χ4n) is 1.29. The van der Waals surface area contributed by atoms with E-state index in [1.807, 2.05) is 6.20 Å². The SMILES string of the molecule is CCn1ccnc1NCCOCC(C)C. The van der Waals surface area contributed by atoms with E-state index in [2.05, 4.69) is 35.6 Å². The maximum absolute atomic E-state index is 5.47. The smallest absolute Gasteiger partial charge is 0.202 e. The molecule has 0 aliphatic heterocycles. The molecular weight excluding hydrogens is 190 g/mol. The van der Waals surface area contributed by atoms with Crippen LogP contribution in [0.3, 0.4) is 0 Å². The highest BCUT2D eigenvalue weighted by molar-refractivity contribution is 5.25. The standard InChI is InChI=1S/C11H21N3O/c1-4-14-7-5-12-11(14)13-6-8-15-9-10(2)3/h5,7,10H,4,6,8-9H2,1-3H3,(H,12,13). The van der Waals surface area contributed by atoms with Crippen LogP contribution in [0.1, 0.15) is 20.8 Å². The maximum atomic E-state index is 5.47. The summed E-state index contributed by atoms with van der Waals surface area (Å²) in [7, 11) is 0. The van der Waals surface area contributed by atoms with Gasteiger partial charge in [-0.1, -0.05) is 13.8 Å². The molecule has 1 N–H and O–H groups in total. The van der Waals surface area contributed by atoms with Crippen molar-refractivity contribution >= 4 is 5.95 Å². The molecule has 0 bridgehead atoms. The largest absolute Gasteiger partial charge is 0.379 e. The molecule has 1 heterocycles. The zero-order chi connectivity index (χ0) is 11.1. The third-order valence-corrected chi connectivity index (χ3v) is 2.04. The predicted molar refractivity (Wildman–Crippen MR) is 62.0 cm³/mol. The molecule has 4 heteroatoms. The lowest BCUT2D eigenvalue weighted by Crippen LogP contribution is -2.14. The van der Waals surface area contributed by atoms with Gasteiger partial charge in [0.2, 0.25) is 5.95 Å². The number of ether oxygens (including phenoxy) is 1. The van der Waals surface area contributed by atoms with Crippen LogP contribution in [0.2, 0.25) is 0 Å². The highest BCUT2D eigenvalue weighted by atomic mass is 16.5. The van der Waals surface area contributed by atoms with Gasteiger partial charge in [0, 0.05) is 32.1 Å². The van der Waals surface area contributed by atoms with Crippen LogP contribution in [-0.2, 0) is 11.3 Å². The Balaban J connectivity index is 2.15. The first kappa shape index (κ1) is 12.0. The lowest BCUT2D eigenvalue weighted by atomic mass is 10.2. The zero-order valence-corrected chi connectivity index (χ0v) is 9.86. The summed E-state index contributed by atoms with van der Waals surface area (Å²) in [4.78, 5) is 4.22. The predicted octanol–water partition coefficient (Wildman–Crippen LogP) is 1.99. The van der Waals surface area contributed by atoms with E-state index in [1.165, 1.54) is 0 Å². The first-order valence-electron chi connectivity index (χ1n) is 5.56. The van der Waals surface area contributed by atoms with Crippen LogP contribution in [0.5, 0.6) is 0 Å². The number of aryl methyl sites for hydroxylation is 1. The van der Waals surface area contributed by atoms with Crippen LogP contribution in [-0.4, -0.2) is 29.3 Å². The Kier molecular flexibility index (Phi) is 5.18. The zero-order valence-electron chi connectivity index (χ0n) is 9.86. The normalized spacial score (nSPS) is 10.9. The minimum Gasteiger partial charge on any atom is -0.379 e. The molecule has 0 radical (unpaired) electrons. The Morgan fingerprint density at radius 2 is 2.33 bits per heavy atom. The minimum atomic E-state index is 0.600. The molecule has 0 saturated heterocycles. The molecule has 4 nitrogen and oxygen atoms in total. The second-order valence-corrected chi connectivity index (χ2v) is 3.93. The molecule has 0 saturated carbocycles. The summed E-state index contributed by atoms with van der Waals surface area (Å²) in [5, 5.41) is 3.24. The second kappa shape index (κ2) is 6.45. The lowest BCUT2D eigenvalue weighted by Gasteiger charge is -2.09. The average Bonchev–Trinajstić information content (AvgIpc) is 2.64. The van der Waals surface area contributed by atoms with Crippen LogP contribution in [0.4, 0.5) is 5.95 Å². The van der Waals surface area contributed by atoms with Crippen molar-refractivity contribution in [2.45, 2.75) is 27.3 Å². The Labute approximate surface area is 91.7 Å². The van der Waals surface area contributed by atoms with Gasteiger partial charge in [0.25, 0.3) is 0 Å². The quantitative estimate of drug-likeness (QED) is 0.701. The van der Waals surface area contributed by atoms with Gasteiger partial charge in [-0.2, -0.15) is 0 Å². The number of rotatable bonds is 7. The Hall–Kier alpha value is -1.03. The van der Waals surface area contributed by atoms with Gasteiger partial charge in [-0.05, 0) is 12.8 Å². The summed E-state index contributed by atoms with van der Waals surface area (Å²) in [6.07, 6.45) is 3.78. The number of nitrogens with zero attached hydrogens (tertiary/aromatic N) is 2. The number of aromatic nitrogens is 2. The Morgan fingerprint density at radius 1 is 1.53 bits per heavy atom. The molecule has 0 aliphatic carbocycles. The van der Waals surface area contributed by atoms with E-state index in [1.54, 1.807) is 6.20 Å². The van der Waals surface area contributed by atoms with Crippen LogP contribution >= 0.6 is 0 Å². The fourth-order valence-corrected chi connectivity index (χ4v) is 1.29. The molecule has 1 aromatic heterocycles. The highest BCUT2D eigenvalue weighted by Gasteiger charge is 1.99. The third kappa shape index (κ3) is 4.34. The molecule has 0 atom stereocenters. The first-order chi connectivity index (χ1) is 7.24. The van der Waals surface area contributed by atoms with Gasteiger partial charge in [-0.3, -0.25) is 0 Å². The fraction of sp³-hybridized carbons (Fsp3) is 0.727. The van der Waals surface area contributed by atoms with E-state index < -0.39 is 0 Å². The third-order valence-electron chi connectivity index (χ3n) is 2.04. The van der Waals surface area contributed by atoms with Crippen molar-refractivity contribution in [2.75, 3.05) is 25.1 Å². The lowest BCUT2D eigenvalue weighted by molar-refractivity contribution is 0.118. The summed E-state index contributed by atoms with van der Waals surface area (Å²) in [5.74, 6) is 1.52. The molecule has 0 amide bonds. The van der Waals surface area contributed by atoms with E-state index in [0.717, 1.165) is 32.3 Å². The molecule has 0 aromatic carbocycles. The van der Waals surface area contributed by atoms with Gasteiger partial charge >= 0.3 is 0 Å². The molecule has 1 rings (SSSR count). The summed E-state index contributed by atoms with van der Waals surface area (Å²) in [6, 6.07) is 0. The molecule has 1 aromatic rings. The van der Waals surface area contributed by atoms with E-state index in [9.17, 15) is 0 Å². The topological polar surface area (TPSA) is 39.1 Å². The van der Waals surface area contributed by atoms with Crippen LogP contribution in [0.25, 0.3) is 0 Å². The van der Waals surface area contributed by atoms with Gasteiger partial charge in [0.05, 0.1) is 6.61 Å². The average molecular weight is 211 g/mol. The van der Waals surface area contributed by atoms with Crippen molar-refractivity contribution in [1.82, 2.24) is 9.55 Å². The molecule has 86 valence electrons. The van der Waals surface area contributed by atoms with Gasteiger partial charge in [0.15, 0.2) is 0 Å². The molecule has 0 unspecified atom stereocenters. The van der Waals surface area contributed by atoms with Crippen molar-refractivity contribution in [2.24, 2.45) is 5.92 Å². The molecule has 15 heavy (non-hydrogen) atoms. The molecular formula is C11H21N3O. The van der Waals surface area contributed by atoms with Crippen LogP contribution < -0.4 is 5.32 Å². The Bertz CT molecular complexity index is 271. The molecule has 0 fully saturated rings. The minimum absolute atomic E-state index is 0.600. The number of hydrogen-bond donors (Lipinski definition) is 1. The van der Waals surface area contributed by atoms with Gasteiger partial charge in [-0.25, -0.2) is 4.98 Å². The van der Waals surface area contributed by atoms with E-state index >= 15 is 0 Å². The first-order valence-corrected chi connectivity index (χ1v) is 5.56. The van der Waals surface area contributed by atoms with Crippen molar-refractivity contribution in [1.29, 1.82) is 0 Å². The number of hydrogen-bond acceptors (Lipinski definition) is 3. The van der Waals surface area contributed by atoms with E-state index in [4.69, 9.17) is 4.74 Å². The van der Waals surface area contributed by atoms with Gasteiger partial charge in [-0.15, -0.1) is 0 Å². The van der Waals surface area contributed by atoms with Gasteiger partial charge in [0.1, 0.15) is 0 Å². The second-order valence-electron chi connectivity index (χ2n) is 3.93. The monoisotopic (exact) mass is 211 g/mol. The summed E-state index contributed by atoms with van der Waals surface area (Å²) >= 11 is 0. The molecule has 0 spiro atoms. The number of imidazole rings is 1. The van der Waals surface area contributed by atoms with Crippen LogP contribution in [0.15, 0.2) is 12.4 Å². The van der Waals surface area contributed by atoms with E-state index in [-0.39, 0.29) is 0 Å². The summed E-state index contributed by atoms with van der Waals surface area (Å²) in [6.45, 7) is 9.70. The Morgan fingerprint density at radius 3 is 3.00 bits per heavy atom. The van der Waals surface area contributed by atoms with E-state index in [0.29, 0.717) is 5.92 Å². The summed E-state index contributed by atoms with van der Waals surface area (Å²) in [5.41, 5.74) is 0. The van der Waals surface area contributed by atoms with Crippen molar-refractivity contribution < 1.29 is 4.74 Å². The van der Waals surface area contributed by atoms with Crippen molar-refractivity contribution in [3.8, 4) is 0 Å². The van der Waals surface area contributed by atoms with Crippen molar-refractivity contribution in [3.05, 3.63) is 12.4 Å². The molecule has 0 aliphatic rings. The van der Waals surface area contributed by atoms with Crippen molar-refractivity contribution in [3.63, 3.8) is 0 Å². The van der Waals surface area contributed by atoms with Crippen LogP contribution in [0, 0.1) is 5.92 Å². The number of anilines is 1. The highest BCUT2D eigenvalue weighted by Crippen LogP contribution is 2.02. The van der Waals surface area contributed by atoms with Gasteiger partial charge < -0.3 is 14.6 Å². The number of nitrogens with one attached hydrogen (secondary N) is 1. The maximum Gasteiger partial charge on any atom is 0.202 e. The summed E-state index contributed by atoms with van der Waals surface area (Å²) < 4.78 is 7.54.